The van der Waals surface area contributed by atoms with Gasteiger partial charge in [0.2, 0.25) is 5.91 Å². The molecule has 15 heavy (non-hydrogen) atoms. The van der Waals surface area contributed by atoms with Gasteiger partial charge in [-0.15, -0.1) is 0 Å². The summed E-state index contributed by atoms with van der Waals surface area (Å²) in [4.78, 5) is 25.0. The number of carbonyl (C=O) groups excluding carboxylic acids is 1. The Morgan fingerprint density at radius 2 is 2.20 bits per heavy atom. The fourth-order valence-corrected chi connectivity index (χ4v) is 1.08. The smallest absolute Gasteiger partial charge is 0.309 e. The van der Waals surface area contributed by atoms with Crippen molar-refractivity contribution in [3.05, 3.63) is 18.3 Å². The molecular formula is C10H14N2O3. The maximum absolute atomic E-state index is 11.4. The summed E-state index contributed by atoms with van der Waals surface area (Å²) in [6.07, 6.45) is 1.62. The van der Waals surface area contributed by atoms with Gasteiger partial charge in [-0.3, -0.25) is 9.59 Å². The second-order valence-electron chi connectivity index (χ2n) is 4.00. The summed E-state index contributed by atoms with van der Waals surface area (Å²) in [6.45, 7) is 3.03. The van der Waals surface area contributed by atoms with Crippen molar-refractivity contribution in [2.75, 3.05) is 5.32 Å². The van der Waals surface area contributed by atoms with Gasteiger partial charge in [-0.25, -0.2) is 0 Å². The standard InChI is InChI=1S/C10H14N2O3/c1-10(2,9(14)15)6-8(13)12-7-4-3-5-11-7/h3-5,11H,6H2,1-2H3,(H,12,13)(H,14,15). The van der Waals surface area contributed by atoms with Crippen LogP contribution in [-0.2, 0) is 9.59 Å². The van der Waals surface area contributed by atoms with E-state index in [4.69, 9.17) is 5.11 Å². The topological polar surface area (TPSA) is 82.2 Å². The molecule has 0 aromatic carbocycles. The minimum atomic E-state index is -1.04. The van der Waals surface area contributed by atoms with Gasteiger partial charge in [0.15, 0.2) is 0 Å². The minimum absolute atomic E-state index is 0.0542. The molecule has 82 valence electrons. The second kappa shape index (κ2) is 4.16. The van der Waals surface area contributed by atoms with Gasteiger partial charge in [0.25, 0.3) is 0 Å². The first-order chi connectivity index (χ1) is 6.92. The summed E-state index contributed by atoms with van der Waals surface area (Å²) in [5.74, 6) is -0.727. The second-order valence-corrected chi connectivity index (χ2v) is 4.00. The van der Waals surface area contributed by atoms with E-state index in [9.17, 15) is 9.59 Å². The zero-order valence-electron chi connectivity index (χ0n) is 8.70. The first-order valence-electron chi connectivity index (χ1n) is 4.58. The van der Waals surface area contributed by atoms with Crippen molar-refractivity contribution in [2.24, 2.45) is 5.41 Å². The van der Waals surface area contributed by atoms with Crippen molar-refractivity contribution < 1.29 is 14.7 Å². The lowest BCUT2D eigenvalue weighted by Gasteiger charge is -2.17. The zero-order valence-corrected chi connectivity index (χ0v) is 8.70. The highest BCUT2D eigenvalue weighted by molar-refractivity contribution is 5.93. The van der Waals surface area contributed by atoms with E-state index < -0.39 is 11.4 Å². The number of aliphatic carboxylic acids is 1. The number of hydrogen-bond acceptors (Lipinski definition) is 2. The van der Waals surface area contributed by atoms with Gasteiger partial charge < -0.3 is 15.4 Å². The number of amides is 1. The molecule has 1 rings (SSSR count). The van der Waals surface area contributed by atoms with E-state index in [1.165, 1.54) is 13.8 Å². The molecule has 0 spiro atoms. The molecule has 0 aliphatic rings. The van der Waals surface area contributed by atoms with Crippen LogP contribution in [0.1, 0.15) is 20.3 Å². The highest BCUT2D eigenvalue weighted by Gasteiger charge is 2.30. The fourth-order valence-electron chi connectivity index (χ4n) is 1.08. The SMILES string of the molecule is CC(C)(CC(=O)Nc1ccc[nH]1)C(=O)O. The van der Waals surface area contributed by atoms with Crippen LogP contribution in [0.5, 0.6) is 0 Å². The molecule has 0 saturated carbocycles. The molecule has 0 bridgehead atoms. The number of aromatic nitrogens is 1. The number of carboxylic acids is 1. The Labute approximate surface area is 87.5 Å². The van der Waals surface area contributed by atoms with Crippen LogP contribution >= 0.6 is 0 Å². The number of nitrogens with one attached hydrogen (secondary N) is 2. The molecule has 1 aromatic rings. The molecule has 1 aromatic heterocycles. The molecule has 5 heteroatoms. The highest BCUT2D eigenvalue weighted by atomic mass is 16.4. The van der Waals surface area contributed by atoms with Crippen LogP contribution in [-0.4, -0.2) is 22.0 Å². The number of rotatable bonds is 4. The number of H-pyrrole nitrogens is 1. The normalized spacial score (nSPS) is 11.1. The molecule has 0 atom stereocenters. The lowest BCUT2D eigenvalue weighted by molar-refractivity contribution is -0.148. The predicted octanol–water partition coefficient (Wildman–Crippen LogP) is 1.45. The number of carbonyl (C=O) groups is 2. The molecule has 3 N–H and O–H groups in total. The number of carboxylic acid groups (broad SMARTS) is 1. The Hall–Kier alpha value is -1.78. The van der Waals surface area contributed by atoms with Gasteiger partial charge in [-0.2, -0.15) is 0 Å². The van der Waals surface area contributed by atoms with Gasteiger partial charge in [0.05, 0.1) is 5.41 Å². The molecule has 1 heterocycles. The average Bonchev–Trinajstić information content (AvgIpc) is 2.54. The Bertz CT molecular complexity index is 355. The number of aromatic amines is 1. The quantitative estimate of drug-likeness (QED) is 0.703. The lowest BCUT2D eigenvalue weighted by Crippen LogP contribution is -2.29. The summed E-state index contributed by atoms with van der Waals surface area (Å²) in [6, 6.07) is 3.45. The highest BCUT2D eigenvalue weighted by Crippen LogP contribution is 2.20. The van der Waals surface area contributed by atoms with Crippen molar-refractivity contribution in [1.82, 2.24) is 4.98 Å². The van der Waals surface area contributed by atoms with E-state index >= 15 is 0 Å². The van der Waals surface area contributed by atoms with E-state index in [1.54, 1.807) is 18.3 Å². The zero-order chi connectivity index (χ0) is 11.5. The molecule has 0 radical (unpaired) electrons. The van der Waals surface area contributed by atoms with Gasteiger partial charge in [-0.1, -0.05) is 0 Å². The van der Waals surface area contributed by atoms with Crippen molar-refractivity contribution >= 4 is 17.7 Å². The fraction of sp³-hybridized carbons (Fsp3) is 0.400. The molecular weight excluding hydrogens is 196 g/mol. The van der Waals surface area contributed by atoms with Crippen LogP contribution in [0.4, 0.5) is 5.82 Å². The van der Waals surface area contributed by atoms with Gasteiger partial charge in [0.1, 0.15) is 5.82 Å². The Morgan fingerprint density at radius 1 is 1.53 bits per heavy atom. The van der Waals surface area contributed by atoms with Crippen molar-refractivity contribution in [1.29, 1.82) is 0 Å². The van der Waals surface area contributed by atoms with Crippen LogP contribution in [0.15, 0.2) is 18.3 Å². The van der Waals surface area contributed by atoms with Crippen LogP contribution in [0, 0.1) is 5.41 Å². The molecule has 1 amide bonds. The third-order valence-electron chi connectivity index (χ3n) is 2.05. The first kappa shape index (κ1) is 11.3. The van der Waals surface area contributed by atoms with Crippen molar-refractivity contribution in [3.8, 4) is 0 Å². The molecule has 0 saturated heterocycles. The maximum atomic E-state index is 11.4. The van der Waals surface area contributed by atoms with Crippen LogP contribution in [0.3, 0.4) is 0 Å². The average molecular weight is 210 g/mol. The first-order valence-corrected chi connectivity index (χ1v) is 4.58. The van der Waals surface area contributed by atoms with Crippen molar-refractivity contribution in [2.45, 2.75) is 20.3 Å². The summed E-state index contributed by atoms with van der Waals surface area (Å²) in [5, 5.41) is 11.4. The van der Waals surface area contributed by atoms with E-state index in [0.29, 0.717) is 5.82 Å². The predicted molar refractivity (Wildman–Crippen MR) is 55.5 cm³/mol. The van der Waals surface area contributed by atoms with E-state index in [-0.39, 0.29) is 12.3 Å². The largest absolute Gasteiger partial charge is 0.481 e. The summed E-state index contributed by atoms with van der Waals surface area (Å²) in [7, 11) is 0. The third kappa shape index (κ3) is 3.12. The van der Waals surface area contributed by atoms with Gasteiger partial charge in [0, 0.05) is 12.6 Å². The Balaban J connectivity index is 2.53. The van der Waals surface area contributed by atoms with Crippen molar-refractivity contribution in [3.63, 3.8) is 0 Å². The molecule has 0 unspecified atom stereocenters. The summed E-state index contributed by atoms with van der Waals surface area (Å²) >= 11 is 0. The minimum Gasteiger partial charge on any atom is -0.481 e. The molecule has 5 nitrogen and oxygen atoms in total. The van der Waals surface area contributed by atoms with E-state index in [1.807, 2.05) is 0 Å². The van der Waals surface area contributed by atoms with E-state index in [0.717, 1.165) is 0 Å². The van der Waals surface area contributed by atoms with Crippen LogP contribution in [0.25, 0.3) is 0 Å². The third-order valence-corrected chi connectivity index (χ3v) is 2.05. The van der Waals surface area contributed by atoms with Gasteiger partial charge >= 0.3 is 5.97 Å². The van der Waals surface area contributed by atoms with Gasteiger partial charge in [-0.05, 0) is 26.0 Å². The number of hydrogen-bond donors (Lipinski definition) is 3. The van der Waals surface area contributed by atoms with Crippen LogP contribution < -0.4 is 5.32 Å². The lowest BCUT2D eigenvalue weighted by atomic mass is 9.89. The molecule has 0 fully saturated rings. The van der Waals surface area contributed by atoms with E-state index in [2.05, 4.69) is 10.3 Å². The summed E-state index contributed by atoms with van der Waals surface area (Å²) in [5.41, 5.74) is -1.04. The maximum Gasteiger partial charge on any atom is 0.309 e. The molecule has 0 aliphatic heterocycles. The Kier molecular flexibility index (Phi) is 3.14. The molecule has 0 aliphatic carbocycles. The Morgan fingerprint density at radius 3 is 2.67 bits per heavy atom. The number of anilines is 1. The monoisotopic (exact) mass is 210 g/mol. The van der Waals surface area contributed by atoms with Crippen LogP contribution in [0.2, 0.25) is 0 Å². The summed E-state index contributed by atoms with van der Waals surface area (Å²) < 4.78 is 0.